The first kappa shape index (κ1) is 12.7. The van der Waals surface area contributed by atoms with Crippen LogP contribution in [0.1, 0.15) is 16.5 Å². The molecule has 0 atom stereocenters. The molecule has 0 amide bonds. The highest BCUT2D eigenvalue weighted by molar-refractivity contribution is 7.09. The van der Waals surface area contributed by atoms with Crippen molar-refractivity contribution in [1.82, 2.24) is 15.1 Å². The normalized spacial score (nSPS) is 10.9. The Morgan fingerprint density at radius 3 is 2.90 bits per heavy atom. The minimum absolute atomic E-state index is 0.0535. The molecule has 5 nitrogen and oxygen atoms in total. The second-order valence-electron chi connectivity index (χ2n) is 4.31. The predicted octanol–water partition coefficient (Wildman–Crippen LogP) is 2.81. The van der Waals surface area contributed by atoms with E-state index < -0.39 is 5.82 Å². The third-order valence-corrected chi connectivity index (χ3v) is 3.65. The number of nitrogens with two attached hydrogens (primary N) is 1. The third kappa shape index (κ3) is 2.53. The minimum Gasteiger partial charge on any atom is -0.396 e. The standard InChI is InChI=1S/C13H11FN4OS/c1-7-6-20-12(16-7)5-11-17-13(19-18-11)8-2-3-9(14)10(15)4-8/h2-4,6H,5,15H2,1H3. The van der Waals surface area contributed by atoms with Crippen molar-refractivity contribution in [3.63, 3.8) is 0 Å². The van der Waals surface area contributed by atoms with Crippen LogP contribution >= 0.6 is 11.3 Å². The average molecular weight is 290 g/mol. The van der Waals surface area contributed by atoms with E-state index in [1.807, 2.05) is 12.3 Å². The van der Waals surface area contributed by atoms with Crippen LogP contribution in [-0.2, 0) is 6.42 Å². The number of nitrogen functional groups attached to an aromatic ring is 1. The van der Waals surface area contributed by atoms with E-state index in [2.05, 4.69) is 15.1 Å². The van der Waals surface area contributed by atoms with Gasteiger partial charge in [0, 0.05) is 16.6 Å². The van der Waals surface area contributed by atoms with Gasteiger partial charge in [0.2, 0.25) is 0 Å². The Kier molecular flexibility index (Phi) is 3.19. The number of halogens is 1. The molecule has 0 spiro atoms. The second-order valence-corrected chi connectivity index (χ2v) is 5.25. The van der Waals surface area contributed by atoms with E-state index in [9.17, 15) is 4.39 Å². The van der Waals surface area contributed by atoms with Crippen LogP contribution in [0.25, 0.3) is 11.5 Å². The summed E-state index contributed by atoms with van der Waals surface area (Å²) in [5.41, 5.74) is 7.14. The zero-order valence-corrected chi connectivity index (χ0v) is 11.4. The minimum atomic E-state index is -0.466. The fourth-order valence-electron chi connectivity index (χ4n) is 1.74. The molecule has 0 saturated heterocycles. The van der Waals surface area contributed by atoms with Gasteiger partial charge >= 0.3 is 0 Å². The summed E-state index contributed by atoms with van der Waals surface area (Å²) in [6.07, 6.45) is 0.513. The molecule has 102 valence electrons. The maximum Gasteiger partial charge on any atom is 0.258 e. The molecule has 2 heterocycles. The quantitative estimate of drug-likeness (QED) is 0.750. The van der Waals surface area contributed by atoms with Crippen LogP contribution in [0.5, 0.6) is 0 Å². The number of nitrogens with zero attached hydrogens (tertiary/aromatic N) is 3. The summed E-state index contributed by atoms with van der Waals surface area (Å²) < 4.78 is 18.3. The maximum atomic E-state index is 13.1. The van der Waals surface area contributed by atoms with Crippen LogP contribution in [-0.4, -0.2) is 15.1 Å². The molecule has 0 unspecified atom stereocenters. The van der Waals surface area contributed by atoms with E-state index in [1.165, 1.54) is 12.1 Å². The topological polar surface area (TPSA) is 77.8 Å². The number of hydrogen-bond donors (Lipinski definition) is 1. The summed E-state index contributed by atoms with van der Waals surface area (Å²) in [4.78, 5) is 8.61. The summed E-state index contributed by atoms with van der Waals surface area (Å²) in [6.45, 7) is 1.93. The highest BCUT2D eigenvalue weighted by atomic mass is 32.1. The number of rotatable bonds is 3. The van der Waals surface area contributed by atoms with Crippen molar-refractivity contribution in [2.75, 3.05) is 5.73 Å². The van der Waals surface area contributed by atoms with Crippen molar-refractivity contribution in [2.24, 2.45) is 0 Å². The van der Waals surface area contributed by atoms with Gasteiger partial charge in [0.05, 0.1) is 12.1 Å². The van der Waals surface area contributed by atoms with Gasteiger partial charge in [0.15, 0.2) is 5.82 Å². The number of thiazole rings is 1. The van der Waals surface area contributed by atoms with E-state index in [0.717, 1.165) is 10.7 Å². The zero-order valence-electron chi connectivity index (χ0n) is 10.6. The van der Waals surface area contributed by atoms with Crippen molar-refractivity contribution in [3.05, 3.63) is 45.9 Å². The molecule has 1 aromatic carbocycles. The van der Waals surface area contributed by atoms with Gasteiger partial charge in [-0.1, -0.05) is 5.16 Å². The third-order valence-electron chi connectivity index (χ3n) is 2.69. The van der Waals surface area contributed by atoms with Gasteiger partial charge in [-0.15, -0.1) is 11.3 Å². The van der Waals surface area contributed by atoms with E-state index >= 15 is 0 Å². The summed E-state index contributed by atoms with van der Waals surface area (Å²) >= 11 is 1.55. The van der Waals surface area contributed by atoms with Crippen LogP contribution < -0.4 is 5.73 Å². The largest absolute Gasteiger partial charge is 0.396 e. The predicted molar refractivity (Wildman–Crippen MR) is 73.8 cm³/mol. The van der Waals surface area contributed by atoms with E-state index in [4.69, 9.17) is 10.3 Å². The first-order chi connectivity index (χ1) is 9.61. The Morgan fingerprint density at radius 1 is 1.35 bits per heavy atom. The Hall–Kier alpha value is -2.28. The lowest BCUT2D eigenvalue weighted by molar-refractivity contribution is 0.424. The van der Waals surface area contributed by atoms with Crippen molar-refractivity contribution < 1.29 is 8.91 Å². The number of hydrogen-bond acceptors (Lipinski definition) is 6. The van der Waals surface area contributed by atoms with Gasteiger partial charge < -0.3 is 10.3 Å². The van der Waals surface area contributed by atoms with Crippen LogP contribution in [0.4, 0.5) is 10.1 Å². The molecule has 7 heteroatoms. The highest BCUT2D eigenvalue weighted by Gasteiger charge is 2.12. The van der Waals surface area contributed by atoms with E-state index in [-0.39, 0.29) is 5.69 Å². The first-order valence-electron chi connectivity index (χ1n) is 5.91. The monoisotopic (exact) mass is 290 g/mol. The van der Waals surface area contributed by atoms with Crippen molar-refractivity contribution >= 4 is 17.0 Å². The van der Waals surface area contributed by atoms with Crippen LogP contribution in [0.3, 0.4) is 0 Å². The van der Waals surface area contributed by atoms with Crippen LogP contribution in [0.15, 0.2) is 28.1 Å². The fourth-order valence-corrected chi connectivity index (χ4v) is 2.51. The zero-order chi connectivity index (χ0) is 14.1. The Bertz CT molecular complexity index is 752. The van der Waals surface area contributed by atoms with Gasteiger partial charge in [0.1, 0.15) is 10.8 Å². The Labute approximate surface area is 118 Å². The molecule has 0 radical (unpaired) electrons. The maximum absolute atomic E-state index is 13.1. The summed E-state index contributed by atoms with van der Waals surface area (Å²) in [5, 5.41) is 6.79. The smallest absolute Gasteiger partial charge is 0.258 e. The molecule has 2 N–H and O–H groups in total. The van der Waals surface area contributed by atoms with Gasteiger partial charge in [0.25, 0.3) is 5.89 Å². The lowest BCUT2D eigenvalue weighted by Gasteiger charge is -1.97. The lowest BCUT2D eigenvalue weighted by Crippen LogP contribution is -1.92. The molecule has 0 aliphatic heterocycles. The number of aromatic nitrogens is 3. The molecule has 0 aliphatic carbocycles. The average Bonchev–Trinajstić information content (AvgIpc) is 3.03. The SMILES string of the molecule is Cc1csc(Cc2noc(-c3ccc(F)c(N)c3)n2)n1. The van der Waals surface area contributed by atoms with Gasteiger partial charge in [-0.2, -0.15) is 4.98 Å². The summed E-state index contributed by atoms with van der Waals surface area (Å²) in [6, 6.07) is 4.30. The second kappa shape index (κ2) is 5.01. The highest BCUT2D eigenvalue weighted by Crippen LogP contribution is 2.22. The van der Waals surface area contributed by atoms with Crippen molar-refractivity contribution in [2.45, 2.75) is 13.3 Å². The van der Waals surface area contributed by atoms with Gasteiger partial charge in [-0.05, 0) is 25.1 Å². The van der Waals surface area contributed by atoms with Crippen molar-refractivity contribution in [1.29, 1.82) is 0 Å². The molecular formula is C13H11FN4OS. The first-order valence-corrected chi connectivity index (χ1v) is 6.79. The van der Waals surface area contributed by atoms with Crippen molar-refractivity contribution in [3.8, 4) is 11.5 Å². The molecule has 3 rings (SSSR count). The number of anilines is 1. The summed E-state index contributed by atoms with van der Waals surface area (Å²) in [5.74, 6) is 0.393. The number of benzene rings is 1. The lowest BCUT2D eigenvalue weighted by atomic mass is 10.2. The van der Waals surface area contributed by atoms with Gasteiger partial charge in [-0.3, -0.25) is 0 Å². The Morgan fingerprint density at radius 2 is 2.20 bits per heavy atom. The molecule has 0 aliphatic rings. The van der Waals surface area contributed by atoms with Crippen LogP contribution in [0.2, 0.25) is 0 Å². The molecule has 0 fully saturated rings. The van der Waals surface area contributed by atoms with E-state index in [0.29, 0.717) is 23.7 Å². The molecule has 0 saturated carbocycles. The number of aryl methyl sites for hydroxylation is 1. The Balaban J connectivity index is 1.84. The molecule has 3 aromatic rings. The summed E-state index contributed by atoms with van der Waals surface area (Å²) in [7, 11) is 0. The molecular weight excluding hydrogens is 279 g/mol. The fraction of sp³-hybridized carbons (Fsp3) is 0.154. The molecule has 2 aromatic heterocycles. The molecule has 0 bridgehead atoms. The van der Waals surface area contributed by atoms with Crippen LogP contribution in [0, 0.1) is 12.7 Å². The molecule has 20 heavy (non-hydrogen) atoms. The van der Waals surface area contributed by atoms with Gasteiger partial charge in [-0.25, -0.2) is 9.37 Å². The van der Waals surface area contributed by atoms with E-state index in [1.54, 1.807) is 17.4 Å².